The van der Waals surface area contributed by atoms with Crippen LogP contribution < -0.4 is 28.2 Å². The van der Waals surface area contributed by atoms with E-state index in [1.807, 2.05) is 57.3 Å². The van der Waals surface area contributed by atoms with Gasteiger partial charge in [0.2, 0.25) is 0 Å². The molecule has 1 saturated carbocycles. The van der Waals surface area contributed by atoms with Crippen molar-refractivity contribution in [2.24, 2.45) is 28.1 Å². The Bertz CT molecular complexity index is 1780. The zero-order valence-corrected chi connectivity index (χ0v) is 30.6. The maximum atomic E-state index is 14.1. The van der Waals surface area contributed by atoms with Crippen molar-refractivity contribution in [3.8, 4) is 5.69 Å². The summed E-state index contributed by atoms with van der Waals surface area (Å²) in [7, 11) is 0. The van der Waals surface area contributed by atoms with E-state index >= 15 is 0 Å². The Hall–Kier alpha value is -3.73. The minimum Gasteiger partial charge on any atom is -0.370 e. The van der Waals surface area contributed by atoms with E-state index in [1.165, 1.54) is 6.42 Å². The molecule has 2 atom stereocenters. The van der Waals surface area contributed by atoms with Gasteiger partial charge in [-0.15, -0.1) is 0 Å². The first kappa shape index (κ1) is 38.1. The topological polar surface area (TPSA) is 153 Å². The van der Waals surface area contributed by atoms with Crippen LogP contribution in [0.15, 0.2) is 58.4 Å². The van der Waals surface area contributed by atoms with E-state index in [-0.39, 0.29) is 33.3 Å². The summed E-state index contributed by atoms with van der Waals surface area (Å²) in [5.74, 6) is 0.565. The molecule has 2 heterocycles. The van der Waals surface area contributed by atoms with Crippen molar-refractivity contribution in [1.82, 2.24) is 19.9 Å². The number of nitrogens with two attached hydrogens (primary N) is 3. The highest BCUT2D eigenvalue weighted by molar-refractivity contribution is 6.30. The molecule has 49 heavy (non-hydrogen) atoms. The summed E-state index contributed by atoms with van der Waals surface area (Å²) in [5, 5.41) is 4.51. The van der Waals surface area contributed by atoms with Gasteiger partial charge in [-0.2, -0.15) is 4.98 Å². The number of hydrogen-bond donors (Lipinski definition) is 5. The van der Waals surface area contributed by atoms with Crippen LogP contribution in [0.5, 0.6) is 0 Å². The Labute approximate surface area is 294 Å². The van der Waals surface area contributed by atoms with Crippen LogP contribution in [-0.2, 0) is 23.8 Å². The van der Waals surface area contributed by atoms with Crippen molar-refractivity contribution in [1.29, 1.82) is 0 Å². The number of benzene rings is 2. The van der Waals surface area contributed by atoms with Crippen molar-refractivity contribution < 1.29 is 4.39 Å². The molecule has 0 spiro atoms. The summed E-state index contributed by atoms with van der Waals surface area (Å²) in [5.41, 5.74) is 21.4. The lowest BCUT2D eigenvalue weighted by Crippen LogP contribution is -2.23. The van der Waals surface area contributed by atoms with Crippen LogP contribution in [-0.4, -0.2) is 39.6 Å². The molecular formula is C38H54ClFN8O. The SMILES string of the molecule is CC(C)(C)c1cc(CCC2CC[C@H](N)C2)cc(Cl)c1F.CC(C)(C)c1cc2cn(-c3ccc(CNCCCN=C(N)N)cc3)c(=O)nc2[nH]1. The van der Waals surface area contributed by atoms with Crippen molar-refractivity contribution in [3.63, 3.8) is 0 Å². The zero-order valence-electron chi connectivity index (χ0n) is 29.9. The fourth-order valence-electron chi connectivity index (χ4n) is 6.08. The summed E-state index contributed by atoms with van der Waals surface area (Å²) in [6, 6.07) is 14.1. The number of nitrogens with one attached hydrogen (secondary N) is 2. The molecule has 1 aliphatic carbocycles. The molecule has 0 radical (unpaired) electrons. The van der Waals surface area contributed by atoms with Gasteiger partial charge in [0, 0.05) is 41.8 Å². The largest absolute Gasteiger partial charge is 0.370 e. The molecule has 1 fully saturated rings. The van der Waals surface area contributed by atoms with Crippen LogP contribution in [0.2, 0.25) is 5.02 Å². The molecule has 2 aromatic carbocycles. The minimum absolute atomic E-state index is 0.0352. The van der Waals surface area contributed by atoms with Gasteiger partial charge in [0.15, 0.2) is 5.96 Å². The molecule has 0 bridgehead atoms. The number of hydrogen-bond acceptors (Lipinski definition) is 5. The fraction of sp³-hybridized carbons (Fsp3) is 0.500. The molecule has 11 heteroatoms. The van der Waals surface area contributed by atoms with Crippen LogP contribution in [0.1, 0.15) is 96.0 Å². The van der Waals surface area contributed by atoms with Gasteiger partial charge >= 0.3 is 5.69 Å². The van der Waals surface area contributed by atoms with Gasteiger partial charge in [0.1, 0.15) is 11.5 Å². The summed E-state index contributed by atoms with van der Waals surface area (Å²) in [4.78, 5) is 23.9. The van der Waals surface area contributed by atoms with Gasteiger partial charge in [-0.1, -0.05) is 71.3 Å². The smallest absolute Gasteiger partial charge is 0.354 e. The van der Waals surface area contributed by atoms with Crippen LogP contribution in [0.25, 0.3) is 16.7 Å². The number of aromatic amines is 1. The second-order valence-corrected chi connectivity index (χ2v) is 15.7. The van der Waals surface area contributed by atoms with Crippen molar-refractivity contribution in [3.05, 3.63) is 92.4 Å². The maximum Gasteiger partial charge on any atom is 0.354 e. The van der Waals surface area contributed by atoms with Crippen LogP contribution in [0, 0.1) is 11.7 Å². The van der Waals surface area contributed by atoms with E-state index < -0.39 is 0 Å². The predicted molar refractivity (Wildman–Crippen MR) is 201 cm³/mol. The van der Waals surface area contributed by atoms with Crippen molar-refractivity contribution >= 4 is 28.6 Å². The van der Waals surface area contributed by atoms with Crippen molar-refractivity contribution in [2.45, 2.75) is 103 Å². The average molecular weight is 693 g/mol. The second kappa shape index (κ2) is 16.3. The van der Waals surface area contributed by atoms with E-state index in [0.29, 0.717) is 29.7 Å². The molecule has 4 aromatic rings. The second-order valence-electron chi connectivity index (χ2n) is 15.3. The molecule has 0 aliphatic heterocycles. The zero-order chi connectivity index (χ0) is 35.9. The van der Waals surface area contributed by atoms with E-state index in [2.05, 4.69) is 47.1 Å². The number of nitrogens with zero attached hydrogens (tertiary/aromatic N) is 3. The lowest BCUT2D eigenvalue weighted by atomic mass is 9.85. The van der Waals surface area contributed by atoms with Gasteiger partial charge in [-0.25, -0.2) is 9.18 Å². The van der Waals surface area contributed by atoms with E-state index in [1.54, 1.807) is 10.6 Å². The molecule has 1 aliphatic rings. The number of rotatable bonds is 10. The molecule has 9 nitrogen and oxygen atoms in total. The number of halogens is 2. The van der Waals surface area contributed by atoms with Crippen LogP contribution in [0.3, 0.4) is 0 Å². The number of H-pyrrole nitrogens is 1. The van der Waals surface area contributed by atoms with Gasteiger partial charge in [-0.05, 0) is 97.4 Å². The van der Waals surface area contributed by atoms with Crippen LogP contribution >= 0.6 is 11.6 Å². The third-order valence-electron chi connectivity index (χ3n) is 8.98. The highest BCUT2D eigenvalue weighted by Gasteiger charge is 2.24. The molecule has 266 valence electrons. The molecule has 1 unspecified atom stereocenters. The van der Waals surface area contributed by atoms with Gasteiger partial charge in [-0.3, -0.25) is 9.56 Å². The summed E-state index contributed by atoms with van der Waals surface area (Å²) < 4.78 is 15.7. The first-order chi connectivity index (χ1) is 23.0. The average Bonchev–Trinajstić information content (AvgIpc) is 3.64. The molecule has 2 aromatic heterocycles. The highest BCUT2D eigenvalue weighted by Crippen LogP contribution is 2.33. The number of aryl methyl sites for hydroxylation is 1. The molecule has 0 amide bonds. The van der Waals surface area contributed by atoms with Crippen molar-refractivity contribution in [2.75, 3.05) is 13.1 Å². The predicted octanol–water partition coefficient (Wildman–Crippen LogP) is 6.60. The monoisotopic (exact) mass is 692 g/mol. The van der Waals surface area contributed by atoms with Gasteiger partial charge < -0.3 is 27.5 Å². The molecule has 5 rings (SSSR count). The molecule has 0 saturated heterocycles. The Morgan fingerprint density at radius 2 is 1.78 bits per heavy atom. The Kier molecular flexibility index (Phi) is 12.7. The molecule has 8 N–H and O–H groups in total. The highest BCUT2D eigenvalue weighted by atomic mass is 35.5. The third kappa shape index (κ3) is 10.9. The summed E-state index contributed by atoms with van der Waals surface area (Å²) >= 11 is 6.05. The normalized spacial score (nSPS) is 16.4. The van der Waals surface area contributed by atoms with E-state index in [4.69, 9.17) is 28.8 Å². The number of guanidine groups is 1. The van der Waals surface area contributed by atoms with Crippen LogP contribution in [0.4, 0.5) is 4.39 Å². The van der Waals surface area contributed by atoms with Gasteiger partial charge in [0.05, 0.1) is 10.7 Å². The lowest BCUT2D eigenvalue weighted by Gasteiger charge is -2.22. The fourth-order valence-corrected chi connectivity index (χ4v) is 6.33. The standard InChI is InChI=1S/C21H29N7O.C17H25ClFN/c1-21(2,3)17-11-15-13-28(20(29)27-18(15)26-17)16-7-5-14(6-8-16)12-24-9-4-10-25-19(22)23;1-17(2,3)14-9-12(10-15(18)16(14)19)5-4-11-6-7-13(20)8-11/h5-8,11,13,24H,4,9-10,12H2,1-3H3,(H4,22,23,25)(H,26,27,29);9-11,13H,4-8,20H2,1-3H3/t;11?,13-/m.0/s1. The Morgan fingerprint density at radius 1 is 1.06 bits per heavy atom. The number of aromatic nitrogens is 3. The lowest BCUT2D eigenvalue weighted by molar-refractivity contribution is 0.492. The Morgan fingerprint density at radius 3 is 2.39 bits per heavy atom. The first-order valence-corrected chi connectivity index (χ1v) is 17.6. The number of fused-ring (bicyclic) bond motifs is 1. The number of aliphatic imine (C=N–C) groups is 1. The minimum atomic E-state index is -0.301. The third-order valence-corrected chi connectivity index (χ3v) is 9.26. The summed E-state index contributed by atoms with van der Waals surface area (Å²) in [6.07, 6.45) is 8.28. The van der Waals surface area contributed by atoms with Gasteiger partial charge in [0.25, 0.3) is 0 Å². The summed E-state index contributed by atoms with van der Waals surface area (Å²) in [6.45, 7) is 14.6. The quantitative estimate of drug-likeness (QED) is 0.0717. The van der Waals surface area contributed by atoms with E-state index in [0.717, 1.165) is 73.1 Å². The molecular weight excluding hydrogens is 639 g/mol. The maximum absolute atomic E-state index is 14.1. The van der Waals surface area contributed by atoms with E-state index in [9.17, 15) is 9.18 Å². The first-order valence-electron chi connectivity index (χ1n) is 17.2. The Balaban J connectivity index is 0.000000237.